The number of imidazole rings is 1. The monoisotopic (exact) mass is 561 g/mol. The van der Waals surface area contributed by atoms with Crippen molar-refractivity contribution in [2.24, 2.45) is 0 Å². The summed E-state index contributed by atoms with van der Waals surface area (Å²) in [7, 11) is 0. The second-order valence-corrected chi connectivity index (χ2v) is 10.3. The molecule has 7 aromatic rings. The highest BCUT2D eigenvalue weighted by Gasteiger charge is 2.19. The van der Waals surface area contributed by atoms with Gasteiger partial charge in [-0.15, -0.1) is 11.3 Å². The Hall–Kier alpha value is -5.15. The Morgan fingerprint density at radius 3 is 2.32 bits per heavy atom. The largest absolute Gasteiger partial charge is 0.435 e. The summed E-state index contributed by atoms with van der Waals surface area (Å²) in [5, 5.41) is 5.71. The normalized spacial score (nSPS) is 12.0. The third-order valence-corrected chi connectivity index (χ3v) is 7.65. The molecule has 0 fully saturated rings. The van der Waals surface area contributed by atoms with Gasteiger partial charge in [-0.2, -0.15) is 13.9 Å². The van der Waals surface area contributed by atoms with Gasteiger partial charge in [-0.1, -0.05) is 42.5 Å². The maximum absolute atomic E-state index is 12.8. The number of benzene rings is 4. The van der Waals surface area contributed by atoms with Crippen LogP contribution in [0.25, 0.3) is 49.8 Å². The van der Waals surface area contributed by atoms with Crippen molar-refractivity contribution in [3.05, 3.63) is 126 Å². The number of H-pyrrole nitrogens is 1. The fourth-order valence-corrected chi connectivity index (χ4v) is 5.66. The van der Waals surface area contributed by atoms with Gasteiger partial charge in [-0.3, -0.25) is 0 Å². The van der Waals surface area contributed by atoms with E-state index in [0.717, 1.165) is 48.6 Å². The van der Waals surface area contributed by atoms with Crippen LogP contribution in [0.1, 0.15) is 16.4 Å². The first-order valence-corrected chi connectivity index (χ1v) is 13.7. The molecule has 9 heteroatoms. The van der Waals surface area contributed by atoms with Gasteiger partial charge in [0.1, 0.15) is 16.6 Å². The minimum Gasteiger partial charge on any atom is -0.435 e. The minimum atomic E-state index is -2.89. The molecule has 0 saturated heterocycles. The van der Waals surface area contributed by atoms with E-state index >= 15 is 0 Å². The number of aromatic nitrogens is 5. The van der Waals surface area contributed by atoms with Crippen molar-refractivity contribution < 1.29 is 13.5 Å². The zero-order valence-electron chi connectivity index (χ0n) is 21.4. The number of alkyl halides is 2. The molecule has 3 heterocycles. The molecular formula is C32H21F2N5OS. The lowest BCUT2D eigenvalue weighted by atomic mass is 10.1. The fourth-order valence-electron chi connectivity index (χ4n) is 4.68. The minimum absolute atomic E-state index is 0.0841. The van der Waals surface area contributed by atoms with Gasteiger partial charge in [-0.05, 0) is 66.7 Å². The number of aromatic amines is 1. The van der Waals surface area contributed by atoms with Crippen LogP contribution in [0.5, 0.6) is 5.75 Å². The van der Waals surface area contributed by atoms with Crippen molar-refractivity contribution in [2.75, 3.05) is 0 Å². The van der Waals surface area contributed by atoms with E-state index in [0.29, 0.717) is 11.5 Å². The number of hydrogen-bond donors (Lipinski definition) is 1. The van der Waals surface area contributed by atoms with E-state index in [1.807, 2.05) is 85.1 Å². The molecule has 0 saturated carbocycles. The Bertz CT molecular complexity index is 1870. The highest BCUT2D eigenvalue weighted by molar-refractivity contribution is 7.19. The smallest absolute Gasteiger partial charge is 0.387 e. The SMILES string of the molecule is FC(F)Oc1ccc(-c2nn(-c3ccccc3)cc2/C=C(\c2nc3ccccc3[nH]2)c2nc3ccccc3s2)cc1. The molecule has 1 N–H and O–H groups in total. The molecule has 0 atom stereocenters. The predicted molar refractivity (Wildman–Crippen MR) is 158 cm³/mol. The molecular weight excluding hydrogens is 540 g/mol. The summed E-state index contributed by atoms with van der Waals surface area (Å²) in [6.45, 7) is -2.89. The van der Waals surface area contributed by atoms with E-state index < -0.39 is 6.61 Å². The van der Waals surface area contributed by atoms with E-state index in [9.17, 15) is 8.78 Å². The number of para-hydroxylation sites is 4. The first-order valence-electron chi connectivity index (χ1n) is 12.8. The molecule has 7 rings (SSSR count). The summed E-state index contributed by atoms with van der Waals surface area (Å²) in [6.07, 6.45) is 3.98. The Labute approximate surface area is 237 Å². The third kappa shape index (κ3) is 4.99. The summed E-state index contributed by atoms with van der Waals surface area (Å²) in [5.74, 6) is 0.769. The van der Waals surface area contributed by atoms with Gasteiger partial charge in [0.15, 0.2) is 0 Å². The van der Waals surface area contributed by atoms with Crippen LogP contribution < -0.4 is 4.74 Å². The second kappa shape index (κ2) is 10.4. The van der Waals surface area contributed by atoms with Crippen molar-refractivity contribution >= 4 is 44.2 Å². The summed E-state index contributed by atoms with van der Waals surface area (Å²) in [6, 6.07) is 32.2. The first kappa shape index (κ1) is 24.9. The molecule has 0 amide bonds. The van der Waals surface area contributed by atoms with Gasteiger partial charge < -0.3 is 9.72 Å². The first-order chi connectivity index (χ1) is 20.1. The maximum Gasteiger partial charge on any atom is 0.387 e. The Balaban J connectivity index is 1.43. The molecule has 0 spiro atoms. The van der Waals surface area contributed by atoms with Crippen LogP contribution in [0.15, 0.2) is 109 Å². The standard InChI is InChI=1S/C32H21F2N5OS/c33-32(34)40-23-16-14-20(15-17-23)29-21(19-39(38-29)22-8-2-1-3-9-22)18-24(30-35-25-10-4-5-11-26(25)36-30)31-37-27-12-6-7-13-28(27)41-31/h1-19,32H,(H,35,36)/b24-18+. The number of nitrogens with zero attached hydrogens (tertiary/aromatic N) is 4. The summed E-state index contributed by atoms with van der Waals surface area (Å²) < 4.78 is 33.0. The van der Waals surface area contributed by atoms with E-state index in [1.54, 1.807) is 28.2 Å². The van der Waals surface area contributed by atoms with Crippen LogP contribution in [0, 0.1) is 0 Å². The maximum atomic E-state index is 12.8. The van der Waals surface area contributed by atoms with Crippen LogP contribution in [-0.4, -0.2) is 31.3 Å². The lowest BCUT2D eigenvalue weighted by Gasteiger charge is -2.06. The van der Waals surface area contributed by atoms with E-state index in [-0.39, 0.29) is 5.75 Å². The molecule has 4 aromatic carbocycles. The van der Waals surface area contributed by atoms with Gasteiger partial charge in [0.25, 0.3) is 0 Å². The van der Waals surface area contributed by atoms with Crippen molar-refractivity contribution in [3.63, 3.8) is 0 Å². The third-order valence-electron chi connectivity index (χ3n) is 6.58. The Kier molecular flexibility index (Phi) is 6.33. The molecule has 3 aromatic heterocycles. The van der Waals surface area contributed by atoms with Gasteiger partial charge in [0, 0.05) is 17.3 Å². The quantitative estimate of drug-likeness (QED) is 0.213. The zero-order valence-corrected chi connectivity index (χ0v) is 22.2. The van der Waals surface area contributed by atoms with Crippen LogP contribution in [0.3, 0.4) is 0 Å². The topological polar surface area (TPSA) is 68.6 Å². The van der Waals surface area contributed by atoms with Gasteiger partial charge in [0.2, 0.25) is 0 Å². The number of nitrogens with one attached hydrogen (secondary N) is 1. The van der Waals surface area contributed by atoms with Crippen molar-refractivity contribution in [2.45, 2.75) is 6.61 Å². The van der Waals surface area contributed by atoms with E-state index in [4.69, 9.17) is 15.1 Å². The van der Waals surface area contributed by atoms with Crippen molar-refractivity contribution in [3.8, 4) is 22.7 Å². The number of fused-ring (bicyclic) bond motifs is 2. The molecule has 6 nitrogen and oxygen atoms in total. The Morgan fingerprint density at radius 1 is 0.829 bits per heavy atom. The van der Waals surface area contributed by atoms with Crippen LogP contribution in [0.4, 0.5) is 8.78 Å². The molecule has 0 bridgehead atoms. The molecule has 0 aliphatic carbocycles. The second-order valence-electron chi connectivity index (χ2n) is 9.26. The predicted octanol–water partition coefficient (Wildman–Crippen LogP) is 8.22. The molecule has 41 heavy (non-hydrogen) atoms. The fraction of sp³-hybridized carbons (Fsp3) is 0.0312. The van der Waals surface area contributed by atoms with Crippen molar-refractivity contribution in [1.82, 2.24) is 24.7 Å². The molecule has 0 unspecified atom stereocenters. The summed E-state index contributed by atoms with van der Waals surface area (Å²) in [5.41, 5.74) is 6.61. The lowest BCUT2D eigenvalue weighted by Crippen LogP contribution is -2.01. The van der Waals surface area contributed by atoms with Gasteiger partial charge in [0.05, 0.1) is 38.2 Å². The van der Waals surface area contributed by atoms with Gasteiger partial charge in [-0.25, -0.2) is 14.6 Å². The van der Waals surface area contributed by atoms with Gasteiger partial charge >= 0.3 is 6.61 Å². The molecule has 0 aliphatic heterocycles. The molecule has 200 valence electrons. The number of hydrogen-bond acceptors (Lipinski definition) is 5. The van der Waals surface area contributed by atoms with Crippen LogP contribution in [-0.2, 0) is 0 Å². The lowest BCUT2D eigenvalue weighted by molar-refractivity contribution is -0.0498. The van der Waals surface area contributed by atoms with Crippen LogP contribution >= 0.6 is 11.3 Å². The van der Waals surface area contributed by atoms with Crippen molar-refractivity contribution in [1.29, 1.82) is 0 Å². The number of halogens is 2. The highest BCUT2D eigenvalue weighted by atomic mass is 32.1. The molecule has 0 radical (unpaired) electrons. The Morgan fingerprint density at radius 2 is 1.56 bits per heavy atom. The number of rotatable bonds is 7. The number of thiazole rings is 1. The zero-order chi connectivity index (χ0) is 27.8. The average Bonchev–Trinajstić information content (AvgIpc) is 3.73. The van der Waals surface area contributed by atoms with E-state index in [2.05, 4.69) is 15.8 Å². The van der Waals surface area contributed by atoms with E-state index in [1.165, 1.54) is 12.1 Å². The number of ether oxygens (including phenoxy) is 1. The average molecular weight is 562 g/mol. The molecule has 0 aliphatic rings. The summed E-state index contributed by atoms with van der Waals surface area (Å²) in [4.78, 5) is 13.3. The summed E-state index contributed by atoms with van der Waals surface area (Å²) >= 11 is 1.59. The van der Waals surface area contributed by atoms with Crippen LogP contribution in [0.2, 0.25) is 0 Å². The highest BCUT2D eigenvalue weighted by Crippen LogP contribution is 2.35.